The second kappa shape index (κ2) is 6.35. The Morgan fingerprint density at radius 3 is 3.00 bits per heavy atom. The normalized spacial score (nSPS) is 12.7. The molecule has 0 aliphatic rings. The summed E-state index contributed by atoms with van der Waals surface area (Å²) < 4.78 is 4.88. The molecule has 0 amide bonds. The Bertz CT molecular complexity index is 296. The third-order valence-corrected chi connectivity index (χ3v) is 2.21. The topological polar surface area (TPSA) is 51.0 Å². The predicted molar refractivity (Wildman–Crippen MR) is 59.6 cm³/mol. The zero-order valence-corrected chi connectivity index (χ0v) is 9.49. The van der Waals surface area contributed by atoms with Crippen molar-refractivity contribution in [3.8, 4) is 0 Å². The first kappa shape index (κ1) is 11.9. The van der Waals surface area contributed by atoms with E-state index in [2.05, 4.69) is 29.0 Å². The average Bonchev–Trinajstić information content (AvgIpc) is 2.61. The van der Waals surface area contributed by atoms with Crippen molar-refractivity contribution < 1.29 is 4.52 Å². The maximum atomic E-state index is 4.88. The molecule has 0 saturated heterocycles. The second-order valence-corrected chi connectivity index (χ2v) is 3.70. The zero-order chi connectivity index (χ0) is 11.1. The van der Waals surface area contributed by atoms with Gasteiger partial charge in [0.05, 0.1) is 0 Å². The van der Waals surface area contributed by atoms with Gasteiger partial charge in [-0.05, 0) is 19.8 Å². The highest BCUT2D eigenvalue weighted by Crippen LogP contribution is 1.98. The zero-order valence-electron chi connectivity index (χ0n) is 9.49. The maximum absolute atomic E-state index is 4.88. The van der Waals surface area contributed by atoms with Gasteiger partial charge in [-0.2, -0.15) is 4.98 Å². The van der Waals surface area contributed by atoms with E-state index in [4.69, 9.17) is 4.52 Å². The van der Waals surface area contributed by atoms with Crippen LogP contribution in [0.5, 0.6) is 0 Å². The van der Waals surface area contributed by atoms with Gasteiger partial charge < -0.3 is 9.84 Å². The molecule has 0 fully saturated rings. The van der Waals surface area contributed by atoms with Gasteiger partial charge in [0.1, 0.15) is 0 Å². The van der Waals surface area contributed by atoms with Gasteiger partial charge in [0.2, 0.25) is 5.89 Å². The summed E-state index contributed by atoms with van der Waals surface area (Å²) in [6, 6.07) is 0.510. The lowest BCUT2D eigenvalue weighted by molar-refractivity contribution is 0.386. The molecule has 0 aliphatic carbocycles. The summed E-state index contributed by atoms with van der Waals surface area (Å²) in [5.74, 6) is 1.40. The van der Waals surface area contributed by atoms with Gasteiger partial charge in [0.25, 0.3) is 0 Å². The maximum Gasteiger partial charge on any atom is 0.223 e. The first-order valence-corrected chi connectivity index (χ1v) is 5.36. The van der Waals surface area contributed by atoms with E-state index in [0.717, 1.165) is 31.6 Å². The smallest absolute Gasteiger partial charge is 0.223 e. The summed E-state index contributed by atoms with van der Waals surface area (Å²) in [5.41, 5.74) is 0. The average molecular weight is 209 g/mol. The fraction of sp³-hybridized carbons (Fsp3) is 0.636. The van der Waals surface area contributed by atoms with Crippen LogP contribution in [0.25, 0.3) is 0 Å². The lowest BCUT2D eigenvalue weighted by atomic mass is 10.2. The number of nitrogens with zero attached hydrogens (tertiary/aromatic N) is 2. The van der Waals surface area contributed by atoms with Gasteiger partial charge in [-0.3, -0.25) is 0 Å². The summed E-state index contributed by atoms with van der Waals surface area (Å²) in [6.07, 6.45) is 4.93. The number of hydrogen-bond donors (Lipinski definition) is 1. The van der Waals surface area contributed by atoms with Crippen molar-refractivity contribution in [2.45, 2.75) is 39.2 Å². The van der Waals surface area contributed by atoms with Crippen LogP contribution in [-0.4, -0.2) is 22.7 Å². The highest BCUT2D eigenvalue weighted by molar-refractivity contribution is 4.84. The van der Waals surface area contributed by atoms with E-state index < -0.39 is 0 Å². The van der Waals surface area contributed by atoms with Crippen molar-refractivity contribution in [1.29, 1.82) is 0 Å². The third-order valence-electron chi connectivity index (χ3n) is 2.21. The van der Waals surface area contributed by atoms with E-state index in [-0.39, 0.29) is 0 Å². The summed E-state index contributed by atoms with van der Waals surface area (Å²) in [4.78, 5) is 4.14. The van der Waals surface area contributed by atoms with Gasteiger partial charge in [-0.15, -0.1) is 6.58 Å². The molecule has 1 rings (SSSR count). The largest absolute Gasteiger partial charge is 0.340 e. The second-order valence-electron chi connectivity index (χ2n) is 3.70. The molecule has 1 atom stereocenters. The molecule has 4 nitrogen and oxygen atoms in total. The summed E-state index contributed by atoms with van der Waals surface area (Å²) in [5, 5.41) is 7.24. The molecule has 1 N–H and O–H groups in total. The van der Waals surface area contributed by atoms with E-state index >= 15 is 0 Å². The summed E-state index contributed by atoms with van der Waals surface area (Å²) in [7, 11) is 0. The van der Waals surface area contributed by atoms with Crippen molar-refractivity contribution in [3.63, 3.8) is 0 Å². The van der Waals surface area contributed by atoms with Crippen LogP contribution < -0.4 is 5.32 Å². The highest BCUT2D eigenvalue weighted by Gasteiger charge is 2.03. The lowest BCUT2D eigenvalue weighted by Gasteiger charge is -2.11. The van der Waals surface area contributed by atoms with Crippen LogP contribution in [0.15, 0.2) is 17.2 Å². The van der Waals surface area contributed by atoms with E-state index in [1.165, 1.54) is 0 Å². The number of aromatic nitrogens is 2. The quantitative estimate of drug-likeness (QED) is 0.696. The number of aryl methyl sites for hydroxylation is 1. The fourth-order valence-corrected chi connectivity index (χ4v) is 1.34. The molecule has 0 saturated carbocycles. The summed E-state index contributed by atoms with van der Waals surface area (Å²) in [6.45, 7) is 8.56. The molecule has 15 heavy (non-hydrogen) atoms. The molecule has 0 aromatic carbocycles. The van der Waals surface area contributed by atoms with Gasteiger partial charge in [-0.25, -0.2) is 0 Å². The first-order chi connectivity index (χ1) is 7.22. The van der Waals surface area contributed by atoms with Crippen molar-refractivity contribution in [2.75, 3.05) is 6.54 Å². The number of hydrogen-bond acceptors (Lipinski definition) is 4. The van der Waals surface area contributed by atoms with Gasteiger partial charge in [0.15, 0.2) is 5.82 Å². The molecular formula is C11H19N3O. The molecule has 1 unspecified atom stereocenters. The van der Waals surface area contributed by atoms with E-state index in [0.29, 0.717) is 11.9 Å². The molecule has 84 valence electrons. The van der Waals surface area contributed by atoms with E-state index in [9.17, 15) is 0 Å². The van der Waals surface area contributed by atoms with Crippen LogP contribution in [0, 0.1) is 6.92 Å². The first-order valence-electron chi connectivity index (χ1n) is 5.36. The van der Waals surface area contributed by atoms with Crippen LogP contribution in [-0.2, 0) is 6.42 Å². The number of allylic oxidation sites excluding steroid dienone is 1. The van der Waals surface area contributed by atoms with E-state index in [1.807, 2.05) is 6.08 Å². The minimum Gasteiger partial charge on any atom is -0.340 e. The van der Waals surface area contributed by atoms with Gasteiger partial charge in [0, 0.05) is 25.9 Å². The standard InChI is InChI=1S/C11H19N3O/c1-4-5-6-9(2)12-8-7-11-13-10(3)15-14-11/h4,9,12H,1,5-8H2,2-3H3. The van der Waals surface area contributed by atoms with Crippen LogP contribution in [0.4, 0.5) is 0 Å². The van der Waals surface area contributed by atoms with Gasteiger partial charge >= 0.3 is 0 Å². The monoisotopic (exact) mass is 209 g/mol. The minimum absolute atomic E-state index is 0.510. The Morgan fingerprint density at radius 2 is 2.40 bits per heavy atom. The Hall–Kier alpha value is -1.16. The fourth-order valence-electron chi connectivity index (χ4n) is 1.34. The minimum atomic E-state index is 0.510. The van der Waals surface area contributed by atoms with Crippen molar-refractivity contribution in [1.82, 2.24) is 15.5 Å². The molecule has 0 radical (unpaired) electrons. The molecule has 4 heteroatoms. The molecule has 0 aliphatic heterocycles. The molecule has 0 spiro atoms. The molecular weight excluding hydrogens is 190 g/mol. The summed E-state index contributed by atoms with van der Waals surface area (Å²) >= 11 is 0. The Labute approximate surface area is 90.8 Å². The lowest BCUT2D eigenvalue weighted by Crippen LogP contribution is -2.28. The Morgan fingerprint density at radius 1 is 1.60 bits per heavy atom. The predicted octanol–water partition coefficient (Wildman–Crippen LogP) is 1.86. The molecule has 1 aromatic rings. The van der Waals surface area contributed by atoms with Crippen LogP contribution >= 0.6 is 0 Å². The van der Waals surface area contributed by atoms with Crippen molar-refractivity contribution >= 4 is 0 Å². The Kier molecular flexibility index (Phi) is 5.04. The van der Waals surface area contributed by atoms with Crippen molar-refractivity contribution in [3.05, 3.63) is 24.4 Å². The Balaban J connectivity index is 2.13. The number of nitrogens with one attached hydrogen (secondary N) is 1. The van der Waals surface area contributed by atoms with Crippen LogP contribution in [0.2, 0.25) is 0 Å². The third kappa shape index (κ3) is 4.74. The van der Waals surface area contributed by atoms with Crippen molar-refractivity contribution in [2.24, 2.45) is 0 Å². The van der Waals surface area contributed by atoms with Crippen LogP contribution in [0.1, 0.15) is 31.5 Å². The number of rotatable bonds is 7. The molecule has 1 heterocycles. The van der Waals surface area contributed by atoms with E-state index in [1.54, 1.807) is 6.92 Å². The van der Waals surface area contributed by atoms with Crippen LogP contribution in [0.3, 0.4) is 0 Å². The molecule has 1 aromatic heterocycles. The molecule has 0 bridgehead atoms. The van der Waals surface area contributed by atoms with Gasteiger partial charge in [-0.1, -0.05) is 11.2 Å². The SMILES string of the molecule is C=CCCC(C)NCCc1noc(C)n1. The highest BCUT2D eigenvalue weighted by atomic mass is 16.5.